The van der Waals surface area contributed by atoms with E-state index in [4.69, 9.17) is 4.74 Å². The van der Waals surface area contributed by atoms with Crippen LogP contribution in [0.15, 0.2) is 29.6 Å². The maximum atomic E-state index is 11.8. The van der Waals surface area contributed by atoms with Crippen LogP contribution in [-0.2, 0) is 11.2 Å². The normalized spacial score (nSPS) is 10.3. The zero-order valence-corrected chi connectivity index (χ0v) is 12.5. The van der Waals surface area contributed by atoms with Crippen molar-refractivity contribution >= 4 is 22.9 Å². The third-order valence-corrected chi connectivity index (χ3v) is 3.55. The van der Waals surface area contributed by atoms with Crippen molar-refractivity contribution in [3.05, 3.63) is 40.3 Å². The molecule has 106 valence electrons. The predicted octanol–water partition coefficient (Wildman–Crippen LogP) is 3.42. The molecule has 0 aliphatic heterocycles. The second-order valence-electron chi connectivity index (χ2n) is 4.36. The SMILES string of the molecule is CCOc1ccc(NC(=O)CCc2csc(C)n2)cc1. The minimum absolute atomic E-state index is 0.000173. The summed E-state index contributed by atoms with van der Waals surface area (Å²) in [7, 11) is 0. The van der Waals surface area contributed by atoms with Gasteiger partial charge < -0.3 is 10.1 Å². The number of hydrogen-bond acceptors (Lipinski definition) is 4. The lowest BCUT2D eigenvalue weighted by atomic mass is 10.2. The zero-order valence-electron chi connectivity index (χ0n) is 11.7. The van der Waals surface area contributed by atoms with Gasteiger partial charge in [0.1, 0.15) is 5.75 Å². The summed E-state index contributed by atoms with van der Waals surface area (Å²) in [6.45, 7) is 4.54. The van der Waals surface area contributed by atoms with Crippen molar-refractivity contribution < 1.29 is 9.53 Å². The lowest BCUT2D eigenvalue weighted by molar-refractivity contribution is -0.116. The maximum Gasteiger partial charge on any atom is 0.224 e. The van der Waals surface area contributed by atoms with Crippen LogP contribution in [0.2, 0.25) is 0 Å². The van der Waals surface area contributed by atoms with Gasteiger partial charge in [0.2, 0.25) is 5.91 Å². The van der Waals surface area contributed by atoms with Gasteiger partial charge in [-0.1, -0.05) is 0 Å². The Kier molecular flexibility index (Phi) is 5.12. The Morgan fingerprint density at radius 2 is 2.10 bits per heavy atom. The second-order valence-corrected chi connectivity index (χ2v) is 5.43. The van der Waals surface area contributed by atoms with Gasteiger partial charge in [0, 0.05) is 17.5 Å². The van der Waals surface area contributed by atoms with E-state index in [1.54, 1.807) is 11.3 Å². The Labute approximate surface area is 122 Å². The number of amides is 1. The summed E-state index contributed by atoms with van der Waals surface area (Å²) in [6.07, 6.45) is 1.11. The fourth-order valence-corrected chi connectivity index (χ4v) is 2.44. The minimum atomic E-state index is -0.000173. The van der Waals surface area contributed by atoms with Gasteiger partial charge in [-0.3, -0.25) is 4.79 Å². The molecule has 20 heavy (non-hydrogen) atoms. The van der Waals surface area contributed by atoms with Gasteiger partial charge in [0.15, 0.2) is 0 Å². The maximum absolute atomic E-state index is 11.8. The van der Waals surface area contributed by atoms with E-state index in [1.807, 2.05) is 43.5 Å². The number of hydrogen-bond donors (Lipinski definition) is 1. The molecule has 0 fully saturated rings. The Balaban J connectivity index is 1.81. The average molecular weight is 290 g/mol. The van der Waals surface area contributed by atoms with Crippen molar-refractivity contribution in [1.82, 2.24) is 4.98 Å². The third-order valence-electron chi connectivity index (χ3n) is 2.72. The van der Waals surface area contributed by atoms with Crippen molar-refractivity contribution in [2.24, 2.45) is 0 Å². The van der Waals surface area contributed by atoms with Gasteiger partial charge in [-0.05, 0) is 44.5 Å². The molecule has 0 atom stereocenters. The molecule has 0 aliphatic carbocycles. The topological polar surface area (TPSA) is 51.2 Å². The lowest BCUT2D eigenvalue weighted by Crippen LogP contribution is -2.12. The molecule has 2 rings (SSSR count). The van der Waals surface area contributed by atoms with Crippen molar-refractivity contribution in [3.8, 4) is 5.75 Å². The molecule has 5 heteroatoms. The molecule has 1 N–H and O–H groups in total. The van der Waals surface area contributed by atoms with Gasteiger partial charge in [-0.2, -0.15) is 0 Å². The molecule has 0 radical (unpaired) electrons. The molecule has 1 heterocycles. The van der Waals surface area contributed by atoms with Crippen LogP contribution < -0.4 is 10.1 Å². The Bertz CT molecular complexity index is 564. The average Bonchev–Trinajstić information content (AvgIpc) is 2.85. The van der Waals surface area contributed by atoms with Gasteiger partial charge in [-0.25, -0.2) is 4.98 Å². The number of aromatic nitrogens is 1. The van der Waals surface area contributed by atoms with Gasteiger partial charge in [0.05, 0.1) is 17.3 Å². The largest absolute Gasteiger partial charge is 0.494 e. The number of anilines is 1. The lowest BCUT2D eigenvalue weighted by Gasteiger charge is -2.06. The molecule has 1 aromatic carbocycles. The third kappa shape index (κ3) is 4.35. The van der Waals surface area contributed by atoms with Crippen molar-refractivity contribution in [2.75, 3.05) is 11.9 Å². The fraction of sp³-hybridized carbons (Fsp3) is 0.333. The number of aryl methyl sites for hydroxylation is 2. The molecule has 1 aromatic heterocycles. The molecule has 0 bridgehead atoms. The van der Waals surface area contributed by atoms with E-state index in [-0.39, 0.29) is 5.91 Å². The summed E-state index contributed by atoms with van der Waals surface area (Å²) in [4.78, 5) is 16.2. The molecule has 0 aliphatic rings. The molecule has 1 amide bonds. The first kappa shape index (κ1) is 14.5. The highest BCUT2D eigenvalue weighted by Crippen LogP contribution is 2.16. The zero-order chi connectivity index (χ0) is 14.4. The summed E-state index contributed by atoms with van der Waals surface area (Å²) < 4.78 is 5.35. The number of carbonyl (C=O) groups is 1. The number of benzene rings is 1. The van der Waals surface area contributed by atoms with E-state index in [9.17, 15) is 4.79 Å². The van der Waals surface area contributed by atoms with E-state index in [2.05, 4.69) is 10.3 Å². The molecular weight excluding hydrogens is 272 g/mol. The quantitative estimate of drug-likeness (QED) is 0.887. The van der Waals surface area contributed by atoms with Crippen LogP contribution in [0.5, 0.6) is 5.75 Å². The Morgan fingerprint density at radius 1 is 1.35 bits per heavy atom. The smallest absolute Gasteiger partial charge is 0.224 e. The highest BCUT2D eigenvalue weighted by atomic mass is 32.1. The summed E-state index contributed by atoms with van der Waals surface area (Å²) in [5.74, 6) is 0.809. The van der Waals surface area contributed by atoms with Gasteiger partial charge in [0.25, 0.3) is 0 Å². The first-order valence-electron chi connectivity index (χ1n) is 6.61. The van der Waals surface area contributed by atoms with Crippen LogP contribution in [0.4, 0.5) is 5.69 Å². The number of thiazole rings is 1. The van der Waals surface area contributed by atoms with Crippen LogP contribution in [0, 0.1) is 6.92 Å². The van der Waals surface area contributed by atoms with Crippen molar-refractivity contribution in [1.29, 1.82) is 0 Å². The van der Waals surface area contributed by atoms with Crippen LogP contribution >= 0.6 is 11.3 Å². The van der Waals surface area contributed by atoms with Crippen LogP contribution in [0.3, 0.4) is 0 Å². The van der Waals surface area contributed by atoms with Crippen LogP contribution in [0.1, 0.15) is 24.0 Å². The van der Waals surface area contributed by atoms with E-state index >= 15 is 0 Å². The first-order chi connectivity index (χ1) is 9.67. The Morgan fingerprint density at radius 3 is 2.70 bits per heavy atom. The summed E-state index contributed by atoms with van der Waals surface area (Å²) in [6, 6.07) is 7.39. The monoisotopic (exact) mass is 290 g/mol. The second kappa shape index (κ2) is 7.05. The van der Waals surface area contributed by atoms with E-state index < -0.39 is 0 Å². The Hall–Kier alpha value is -1.88. The number of rotatable bonds is 6. The van der Waals surface area contributed by atoms with E-state index in [0.29, 0.717) is 19.4 Å². The summed E-state index contributed by atoms with van der Waals surface area (Å²) in [5, 5.41) is 5.90. The molecule has 0 saturated heterocycles. The first-order valence-corrected chi connectivity index (χ1v) is 7.49. The van der Waals surface area contributed by atoms with Crippen molar-refractivity contribution in [2.45, 2.75) is 26.7 Å². The molecule has 2 aromatic rings. The van der Waals surface area contributed by atoms with E-state index in [0.717, 1.165) is 22.1 Å². The van der Waals surface area contributed by atoms with Crippen molar-refractivity contribution in [3.63, 3.8) is 0 Å². The number of nitrogens with zero attached hydrogens (tertiary/aromatic N) is 1. The van der Waals surface area contributed by atoms with E-state index in [1.165, 1.54) is 0 Å². The number of nitrogens with one attached hydrogen (secondary N) is 1. The molecule has 0 saturated carbocycles. The number of ether oxygens (including phenoxy) is 1. The van der Waals surface area contributed by atoms with Gasteiger partial charge >= 0.3 is 0 Å². The van der Waals surface area contributed by atoms with Gasteiger partial charge in [-0.15, -0.1) is 11.3 Å². The predicted molar refractivity (Wildman–Crippen MR) is 81.4 cm³/mol. The van der Waals surface area contributed by atoms with Crippen LogP contribution in [0.25, 0.3) is 0 Å². The molecule has 0 unspecified atom stereocenters. The summed E-state index contributed by atoms with van der Waals surface area (Å²) >= 11 is 1.61. The fourth-order valence-electron chi connectivity index (χ4n) is 1.79. The molecule has 4 nitrogen and oxygen atoms in total. The standard InChI is InChI=1S/C15H18N2O2S/c1-3-19-14-7-4-12(5-8-14)17-15(18)9-6-13-10-20-11(2)16-13/h4-5,7-8,10H,3,6,9H2,1-2H3,(H,17,18). The van der Waals surface area contributed by atoms with Crippen LogP contribution in [-0.4, -0.2) is 17.5 Å². The highest BCUT2D eigenvalue weighted by molar-refractivity contribution is 7.09. The summed E-state index contributed by atoms with van der Waals surface area (Å²) in [5.41, 5.74) is 1.77. The highest BCUT2D eigenvalue weighted by Gasteiger charge is 2.05. The minimum Gasteiger partial charge on any atom is -0.494 e. The molecular formula is C15H18N2O2S. The number of carbonyl (C=O) groups excluding carboxylic acids is 1. The molecule has 0 spiro atoms.